The van der Waals surface area contributed by atoms with Gasteiger partial charge in [-0.3, -0.25) is 0 Å². The highest BCUT2D eigenvalue weighted by atomic mass is 79.9. The fourth-order valence-electron chi connectivity index (χ4n) is 2.61. The van der Waals surface area contributed by atoms with E-state index in [0.717, 1.165) is 34.4 Å². The van der Waals surface area contributed by atoms with Gasteiger partial charge in [-0.25, -0.2) is 4.79 Å². The predicted octanol–water partition coefficient (Wildman–Crippen LogP) is 4.48. The van der Waals surface area contributed by atoms with Crippen molar-refractivity contribution in [3.63, 3.8) is 0 Å². The topological polar surface area (TPSA) is 29.5 Å². The highest BCUT2D eigenvalue weighted by Gasteiger charge is 2.20. The Kier molecular flexibility index (Phi) is 4.64. The van der Waals surface area contributed by atoms with Crippen LogP contribution in [0.1, 0.15) is 16.9 Å². The van der Waals surface area contributed by atoms with E-state index in [1.807, 2.05) is 18.2 Å². The Bertz CT molecular complexity index is 709. The van der Waals surface area contributed by atoms with Gasteiger partial charge in [0, 0.05) is 27.2 Å². The van der Waals surface area contributed by atoms with Crippen LogP contribution in [0, 0.1) is 0 Å². The molecule has 0 spiro atoms. The van der Waals surface area contributed by atoms with Crippen LogP contribution in [0.3, 0.4) is 0 Å². The summed E-state index contributed by atoms with van der Waals surface area (Å²) in [5.74, 6) is -0.246. The minimum Gasteiger partial charge on any atom is -0.466 e. The van der Waals surface area contributed by atoms with Gasteiger partial charge in [-0.2, -0.15) is 0 Å². The maximum Gasteiger partial charge on any atom is 0.333 e. The van der Waals surface area contributed by atoms with Gasteiger partial charge in [0.1, 0.15) is 0 Å². The molecule has 3 rings (SSSR count). The number of hydrogen-bond acceptors (Lipinski definition) is 4. The fourth-order valence-corrected chi connectivity index (χ4v) is 3.71. The Morgan fingerprint density at radius 2 is 2.27 bits per heavy atom. The van der Waals surface area contributed by atoms with Gasteiger partial charge in [0.05, 0.1) is 13.7 Å². The van der Waals surface area contributed by atoms with Gasteiger partial charge >= 0.3 is 5.97 Å². The molecule has 1 aliphatic rings. The third kappa shape index (κ3) is 3.25. The van der Waals surface area contributed by atoms with Gasteiger partial charge in [0.15, 0.2) is 0 Å². The molecule has 0 saturated carbocycles. The van der Waals surface area contributed by atoms with Gasteiger partial charge in [0.2, 0.25) is 0 Å². The van der Waals surface area contributed by atoms with Crippen LogP contribution in [0.4, 0.5) is 5.69 Å². The van der Waals surface area contributed by atoms with E-state index in [-0.39, 0.29) is 5.97 Å². The van der Waals surface area contributed by atoms with Crippen LogP contribution in [-0.2, 0) is 16.1 Å². The maximum atomic E-state index is 11.9. The average Bonchev–Trinajstić information content (AvgIpc) is 2.96. The summed E-state index contributed by atoms with van der Waals surface area (Å²) in [5.41, 5.74) is 2.91. The summed E-state index contributed by atoms with van der Waals surface area (Å²) in [5, 5.41) is 2.09. The van der Waals surface area contributed by atoms with Gasteiger partial charge in [-0.15, -0.1) is 11.3 Å². The second-order valence-corrected chi connectivity index (χ2v) is 7.06. The fraction of sp³-hybridized carbons (Fsp3) is 0.235. The number of ether oxygens (including phenoxy) is 1. The van der Waals surface area contributed by atoms with Crippen LogP contribution in [0.5, 0.6) is 0 Å². The van der Waals surface area contributed by atoms with Crippen LogP contribution in [0.2, 0.25) is 0 Å². The molecule has 0 aliphatic carbocycles. The first-order chi connectivity index (χ1) is 10.7. The van der Waals surface area contributed by atoms with Crippen molar-refractivity contribution in [2.75, 3.05) is 18.6 Å². The second kappa shape index (κ2) is 6.67. The molecule has 2 heterocycles. The van der Waals surface area contributed by atoms with E-state index in [0.29, 0.717) is 6.42 Å². The van der Waals surface area contributed by atoms with E-state index < -0.39 is 0 Å². The van der Waals surface area contributed by atoms with E-state index in [4.69, 9.17) is 4.74 Å². The largest absolute Gasteiger partial charge is 0.466 e. The summed E-state index contributed by atoms with van der Waals surface area (Å²) >= 11 is 5.26. The highest BCUT2D eigenvalue weighted by Crippen LogP contribution is 2.32. The van der Waals surface area contributed by atoms with Crippen molar-refractivity contribution in [1.82, 2.24) is 0 Å². The number of benzene rings is 1. The van der Waals surface area contributed by atoms with Crippen molar-refractivity contribution >= 4 is 45.0 Å². The van der Waals surface area contributed by atoms with Crippen molar-refractivity contribution in [3.05, 3.63) is 56.2 Å². The first-order valence-electron chi connectivity index (χ1n) is 7.03. The summed E-state index contributed by atoms with van der Waals surface area (Å²) in [6.45, 7) is 1.65. The van der Waals surface area contributed by atoms with Gasteiger partial charge in [0.25, 0.3) is 0 Å². The SMILES string of the molecule is COC(=O)C1=Cc2cc(Br)ccc2N(Cc2cccs2)CC1. The monoisotopic (exact) mass is 377 g/mol. The number of esters is 1. The molecule has 1 aliphatic heterocycles. The first kappa shape index (κ1) is 15.3. The third-order valence-corrected chi connectivity index (χ3v) is 5.04. The van der Waals surface area contributed by atoms with E-state index >= 15 is 0 Å². The summed E-state index contributed by atoms with van der Waals surface area (Å²) in [6, 6.07) is 10.4. The summed E-state index contributed by atoms with van der Waals surface area (Å²) in [6.07, 6.45) is 2.63. The number of fused-ring (bicyclic) bond motifs is 1. The minimum atomic E-state index is -0.246. The lowest BCUT2D eigenvalue weighted by Crippen LogP contribution is -2.24. The molecule has 0 bridgehead atoms. The molecule has 5 heteroatoms. The number of anilines is 1. The summed E-state index contributed by atoms with van der Waals surface area (Å²) in [4.78, 5) is 15.6. The minimum absolute atomic E-state index is 0.246. The summed E-state index contributed by atoms with van der Waals surface area (Å²) in [7, 11) is 1.43. The molecule has 1 aromatic carbocycles. The number of rotatable bonds is 3. The predicted molar refractivity (Wildman–Crippen MR) is 94.1 cm³/mol. The Morgan fingerprint density at radius 1 is 1.41 bits per heavy atom. The molecule has 0 N–H and O–H groups in total. The quantitative estimate of drug-likeness (QED) is 0.738. The Labute approximate surface area is 142 Å². The van der Waals surface area contributed by atoms with Crippen LogP contribution >= 0.6 is 27.3 Å². The van der Waals surface area contributed by atoms with Crippen molar-refractivity contribution in [2.45, 2.75) is 13.0 Å². The van der Waals surface area contributed by atoms with Crippen LogP contribution in [-0.4, -0.2) is 19.6 Å². The van der Waals surface area contributed by atoms with Crippen molar-refractivity contribution in [2.24, 2.45) is 0 Å². The number of hydrogen-bond donors (Lipinski definition) is 0. The molecule has 114 valence electrons. The lowest BCUT2D eigenvalue weighted by molar-refractivity contribution is -0.136. The molecule has 0 amide bonds. The number of halogens is 1. The number of thiophene rings is 1. The number of nitrogens with zero attached hydrogens (tertiary/aromatic N) is 1. The van der Waals surface area contributed by atoms with Crippen LogP contribution in [0.15, 0.2) is 45.8 Å². The van der Waals surface area contributed by atoms with Crippen LogP contribution in [0.25, 0.3) is 6.08 Å². The van der Waals surface area contributed by atoms with Gasteiger partial charge in [-0.1, -0.05) is 22.0 Å². The van der Waals surface area contributed by atoms with E-state index in [1.54, 1.807) is 11.3 Å². The normalized spacial score (nSPS) is 14.1. The third-order valence-electron chi connectivity index (χ3n) is 3.69. The highest BCUT2D eigenvalue weighted by molar-refractivity contribution is 9.10. The molecular weight excluding hydrogens is 362 g/mol. The molecule has 0 radical (unpaired) electrons. The van der Waals surface area contributed by atoms with E-state index in [2.05, 4.69) is 44.4 Å². The average molecular weight is 378 g/mol. The lowest BCUT2D eigenvalue weighted by Gasteiger charge is -2.24. The molecule has 0 saturated heterocycles. The Balaban J connectivity index is 1.97. The standard InChI is InChI=1S/C17H16BrNO2S/c1-21-17(20)12-6-7-19(11-15-3-2-8-22-15)16-5-4-14(18)10-13(16)9-12/h2-5,8-10H,6-7,11H2,1H3. The van der Waals surface area contributed by atoms with Crippen molar-refractivity contribution in [3.8, 4) is 0 Å². The van der Waals surface area contributed by atoms with E-state index in [1.165, 1.54) is 12.0 Å². The smallest absolute Gasteiger partial charge is 0.333 e. The van der Waals surface area contributed by atoms with Crippen LogP contribution < -0.4 is 4.90 Å². The maximum absolute atomic E-state index is 11.9. The molecule has 0 fully saturated rings. The molecule has 2 aromatic rings. The zero-order valence-corrected chi connectivity index (χ0v) is 14.6. The van der Waals surface area contributed by atoms with Crippen molar-refractivity contribution < 1.29 is 9.53 Å². The Hall–Kier alpha value is -1.59. The zero-order valence-electron chi connectivity index (χ0n) is 12.2. The molecule has 22 heavy (non-hydrogen) atoms. The number of carbonyl (C=O) groups is 1. The van der Waals surface area contributed by atoms with Crippen molar-refractivity contribution in [1.29, 1.82) is 0 Å². The number of methoxy groups -OCH3 is 1. The van der Waals surface area contributed by atoms with Gasteiger partial charge < -0.3 is 9.64 Å². The Morgan fingerprint density at radius 3 is 3.00 bits per heavy atom. The van der Waals surface area contributed by atoms with Gasteiger partial charge in [-0.05, 0) is 47.7 Å². The lowest BCUT2D eigenvalue weighted by atomic mass is 10.1. The molecule has 3 nitrogen and oxygen atoms in total. The zero-order chi connectivity index (χ0) is 15.5. The molecule has 0 atom stereocenters. The molecule has 1 aromatic heterocycles. The first-order valence-corrected chi connectivity index (χ1v) is 8.70. The summed E-state index contributed by atoms with van der Waals surface area (Å²) < 4.78 is 5.90. The number of carbonyl (C=O) groups excluding carboxylic acids is 1. The molecular formula is C17H16BrNO2S. The second-order valence-electron chi connectivity index (χ2n) is 5.12. The van der Waals surface area contributed by atoms with E-state index in [9.17, 15) is 4.79 Å². The molecule has 0 unspecified atom stereocenters.